The molecule has 7 nitrogen and oxygen atoms in total. The van der Waals surface area contributed by atoms with Crippen molar-refractivity contribution in [1.29, 1.82) is 0 Å². The van der Waals surface area contributed by atoms with Gasteiger partial charge in [0.05, 0.1) is 13.2 Å². The van der Waals surface area contributed by atoms with Crippen LogP contribution in [0.4, 0.5) is 0 Å². The minimum Gasteiger partial charge on any atom is -0.376 e. The van der Waals surface area contributed by atoms with E-state index >= 15 is 0 Å². The van der Waals surface area contributed by atoms with Crippen LogP contribution in [0.1, 0.15) is 37.9 Å². The first-order chi connectivity index (χ1) is 11.1. The van der Waals surface area contributed by atoms with Crippen LogP contribution in [0.3, 0.4) is 0 Å². The summed E-state index contributed by atoms with van der Waals surface area (Å²) in [4.78, 5) is 32.4. The topological polar surface area (TPSA) is 93.2 Å². The smallest absolute Gasteiger partial charge is 0.288 e. The van der Waals surface area contributed by atoms with Crippen LogP contribution in [0.5, 0.6) is 0 Å². The fraction of sp³-hybridized carbons (Fsp3) is 0.250. The maximum Gasteiger partial charge on any atom is 0.288 e. The molecule has 0 unspecified atom stereocenters. The number of amides is 2. The van der Waals surface area contributed by atoms with Gasteiger partial charge in [-0.05, 0) is 30.7 Å². The summed E-state index contributed by atoms with van der Waals surface area (Å²) < 4.78 is 5.33. The van der Waals surface area contributed by atoms with E-state index in [1.54, 1.807) is 31.2 Å². The Morgan fingerprint density at radius 2 is 1.78 bits per heavy atom. The summed E-state index contributed by atoms with van der Waals surface area (Å²) in [7, 11) is 0. The quantitative estimate of drug-likeness (QED) is 0.805. The van der Waals surface area contributed by atoms with Gasteiger partial charge in [0.15, 0.2) is 0 Å². The van der Waals surface area contributed by atoms with Crippen LogP contribution in [-0.4, -0.2) is 28.4 Å². The maximum atomic E-state index is 12.1. The van der Waals surface area contributed by atoms with Gasteiger partial charge in [0.25, 0.3) is 11.8 Å². The van der Waals surface area contributed by atoms with Crippen LogP contribution in [0.25, 0.3) is 0 Å². The molecular weight excluding hydrogens is 296 g/mol. The first kappa shape index (κ1) is 15.1. The molecule has 0 spiro atoms. The molecule has 2 aromatic rings. The maximum absolute atomic E-state index is 12.1. The molecule has 0 saturated carbocycles. The predicted octanol–water partition coefficient (Wildman–Crippen LogP) is 0.933. The molecule has 0 bridgehead atoms. The molecule has 23 heavy (non-hydrogen) atoms. The van der Waals surface area contributed by atoms with E-state index in [0.717, 1.165) is 17.0 Å². The van der Waals surface area contributed by atoms with Crippen molar-refractivity contribution >= 4 is 11.8 Å². The summed E-state index contributed by atoms with van der Waals surface area (Å²) in [5.41, 5.74) is 7.75. The highest BCUT2D eigenvalue weighted by Gasteiger charge is 2.15. The van der Waals surface area contributed by atoms with Gasteiger partial charge < -0.3 is 4.74 Å². The highest BCUT2D eigenvalue weighted by Crippen LogP contribution is 2.14. The molecule has 1 aliphatic rings. The first-order valence-electron chi connectivity index (χ1n) is 7.24. The number of carbonyl (C=O) groups is 2. The van der Waals surface area contributed by atoms with E-state index in [-0.39, 0.29) is 11.4 Å². The summed E-state index contributed by atoms with van der Waals surface area (Å²) >= 11 is 0. The summed E-state index contributed by atoms with van der Waals surface area (Å²) in [5.74, 6) is -0.950. The molecule has 0 aromatic carbocycles. The lowest BCUT2D eigenvalue weighted by Crippen LogP contribution is -2.42. The monoisotopic (exact) mass is 312 g/mol. The van der Waals surface area contributed by atoms with Crippen molar-refractivity contribution in [2.45, 2.75) is 20.0 Å². The van der Waals surface area contributed by atoms with Crippen molar-refractivity contribution in [1.82, 2.24) is 20.8 Å². The number of pyridine rings is 2. The molecule has 2 aromatic heterocycles. The molecule has 0 radical (unpaired) electrons. The number of ether oxygens (including phenoxy) is 1. The van der Waals surface area contributed by atoms with E-state index in [1.807, 2.05) is 6.07 Å². The first-order valence-corrected chi connectivity index (χ1v) is 7.24. The van der Waals surface area contributed by atoms with Gasteiger partial charge in [-0.15, -0.1) is 0 Å². The Balaban J connectivity index is 1.64. The largest absolute Gasteiger partial charge is 0.376 e. The predicted molar refractivity (Wildman–Crippen MR) is 81.5 cm³/mol. The summed E-state index contributed by atoms with van der Waals surface area (Å²) in [6.45, 7) is 2.90. The number of nitrogens with zero attached hydrogens (tertiary/aromatic N) is 2. The van der Waals surface area contributed by atoms with Gasteiger partial charge in [-0.25, -0.2) is 9.97 Å². The number of hydrazine groups is 1. The van der Waals surface area contributed by atoms with Crippen LogP contribution in [0.2, 0.25) is 0 Å². The lowest BCUT2D eigenvalue weighted by Gasteiger charge is -2.16. The minimum absolute atomic E-state index is 0.237. The van der Waals surface area contributed by atoms with Gasteiger partial charge in [-0.2, -0.15) is 0 Å². The Bertz CT molecular complexity index is 761. The van der Waals surface area contributed by atoms with Crippen LogP contribution in [0.15, 0.2) is 30.3 Å². The molecule has 1 aliphatic heterocycles. The molecule has 3 rings (SSSR count). The molecule has 7 heteroatoms. The van der Waals surface area contributed by atoms with Gasteiger partial charge in [0.1, 0.15) is 11.4 Å². The second-order valence-electron chi connectivity index (χ2n) is 5.18. The van der Waals surface area contributed by atoms with Crippen LogP contribution in [0, 0.1) is 6.92 Å². The Labute approximate surface area is 133 Å². The van der Waals surface area contributed by atoms with Gasteiger partial charge >= 0.3 is 0 Å². The second-order valence-corrected chi connectivity index (χ2v) is 5.18. The Hall–Kier alpha value is -2.80. The number of hydrogen-bond donors (Lipinski definition) is 2. The molecule has 0 saturated heterocycles. The van der Waals surface area contributed by atoms with Crippen molar-refractivity contribution in [3.63, 3.8) is 0 Å². The zero-order valence-corrected chi connectivity index (χ0v) is 12.6. The van der Waals surface area contributed by atoms with Crippen LogP contribution in [-0.2, 0) is 17.8 Å². The third kappa shape index (κ3) is 3.51. The zero-order chi connectivity index (χ0) is 16.2. The number of carbonyl (C=O) groups excluding carboxylic acids is 2. The van der Waals surface area contributed by atoms with Gasteiger partial charge in [-0.1, -0.05) is 12.1 Å². The van der Waals surface area contributed by atoms with Crippen molar-refractivity contribution in [2.24, 2.45) is 0 Å². The number of aryl methyl sites for hydroxylation is 1. The second kappa shape index (κ2) is 6.53. The van der Waals surface area contributed by atoms with E-state index in [4.69, 9.17) is 4.74 Å². The highest BCUT2D eigenvalue weighted by molar-refractivity contribution is 5.97. The van der Waals surface area contributed by atoms with Gasteiger partial charge in [0, 0.05) is 17.8 Å². The number of hydrogen-bond acceptors (Lipinski definition) is 5. The van der Waals surface area contributed by atoms with Crippen molar-refractivity contribution in [3.05, 3.63) is 58.7 Å². The van der Waals surface area contributed by atoms with E-state index in [0.29, 0.717) is 19.6 Å². The Kier molecular flexibility index (Phi) is 4.29. The summed E-state index contributed by atoms with van der Waals surface area (Å²) in [6.07, 6.45) is 0.677. The summed E-state index contributed by atoms with van der Waals surface area (Å²) in [5, 5.41) is 0. The van der Waals surface area contributed by atoms with Gasteiger partial charge in [0.2, 0.25) is 0 Å². The van der Waals surface area contributed by atoms with Gasteiger partial charge in [-0.3, -0.25) is 20.4 Å². The van der Waals surface area contributed by atoms with E-state index < -0.39 is 11.8 Å². The molecule has 2 N–H and O–H groups in total. The third-order valence-electron chi connectivity index (χ3n) is 3.45. The normalized spacial score (nSPS) is 13.1. The fourth-order valence-electron chi connectivity index (χ4n) is 2.27. The molecule has 3 heterocycles. The molecular formula is C16H16N4O3. The van der Waals surface area contributed by atoms with E-state index in [1.165, 1.54) is 0 Å². The average molecular weight is 312 g/mol. The van der Waals surface area contributed by atoms with E-state index in [2.05, 4.69) is 20.8 Å². The fourth-order valence-corrected chi connectivity index (χ4v) is 2.27. The average Bonchev–Trinajstić information content (AvgIpc) is 2.59. The van der Waals surface area contributed by atoms with Crippen molar-refractivity contribution in [3.8, 4) is 0 Å². The number of nitrogens with one attached hydrogen (secondary N) is 2. The lowest BCUT2D eigenvalue weighted by molar-refractivity contribution is 0.0839. The number of rotatable bonds is 2. The third-order valence-corrected chi connectivity index (χ3v) is 3.45. The number of aromatic nitrogens is 2. The lowest BCUT2D eigenvalue weighted by atomic mass is 10.1. The van der Waals surface area contributed by atoms with Crippen LogP contribution >= 0.6 is 0 Å². The summed E-state index contributed by atoms with van der Waals surface area (Å²) in [6, 6.07) is 8.52. The Morgan fingerprint density at radius 3 is 2.52 bits per heavy atom. The van der Waals surface area contributed by atoms with Crippen molar-refractivity contribution in [2.75, 3.05) is 6.61 Å². The zero-order valence-electron chi connectivity index (χ0n) is 12.6. The molecule has 118 valence electrons. The standard InChI is InChI=1S/C16H16N4O3/c1-10-3-2-4-13(17-10)15(21)19-20-16(22)14-6-5-11-9-23-8-7-12(11)18-14/h2-6H,7-9H2,1H3,(H,19,21)(H,20,22). The van der Waals surface area contributed by atoms with Crippen molar-refractivity contribution < 1.29 is 14.3 Å². The SMILES string of the molecule is Cc1cccc(C(=O)NNC(=O)c2ccc3c(n2)CCOC3)n1. The molecule has 2 amide bonds. The molecule has 0 fully saturated rings. The molecule has 0 aliphatic carbocycles. The Morgan fingerprint density at radius 1 is 1.04 bits per heavy atom. The van der Waals surface area contributed by atoms with Crippen LogP contribution < -0.4 is 10.9 Å². The highest BCUT2D eigenvalue weighted by atomic mass is 16.5. The molecule has 0 atom stereocenters. The number of fused-ring (bicyclic) bond motifs is 1. The minimum atomic E-state index is -0.478. The van der Waals surface area contributed by atoms with E-state index in [9.17, 15) is 9.59 Å².